The van der Waals surface area contributed by atoms with Crippen molar-refractivity contribution in [3.05, 3.63) is 35.9 Å². The molecule has 0 saturated carbocycles. The molecular weight excluding hydrogens is 212 g/mol. The molecule has 0 atom stereocenters. The third-order valence-electron chi connectivity index (χ3n) is 1.99. The number of ether oxygens (including phenoxy) is 1. The lowest BCUT2D eigenvalue weighted by atomic mass is 10.2. The van der Waals surface area contributed by atoms with Crippen molar-refractivity contribution < 1.29 is 13.5 Å². The van der Waals surface area contributed by atoms with Crippen LogP contribution in [0, 0.1) is 0 Å². The molecule has 0 saturated heterocycles. The smallest absolute Gasteiger partial charge is 0.387 e. The first-order valence-corrected chi connectivity index (χ1v) is 5.09. The molecular formula is C12H15F2NO. The van der Waals surface area contributed by atoms with E-state index in [9.17, 15) is 8.78 Å². The first-order valence-electron chi connectivity index (χ1n) is 5.09. The molecule has 0 amide bonds. The van der Waals surface area contributed by atoms with E-state index in [0.717, 1.165) is 13.0 Å². The average molecular weight is 227 g/mol. The van der Waals surface area contributed by atoms with E-state index in [-0.39, 0.29) is 5.75 Å². The van der Waals surface area contributed by atoms with Gasteiger partial charge in [0.05, 0.1) is 0 Å². The summed E-state index contributed by atoms with van der Waals surface area (Å²) in [6.07, 6.45) is 4.55. The Morgan fingerprint density at radius 1 is 1.38 bits per heavy atom. The summed E-state index contributed by atoms with van der Waals surface area (Å²) >= 11 is 0. The van der Waals surface area contributed by atoms with Crippen LogP contribution in [0.4, 0.5) is 8.78 Å². The molecule has 0 radical (unpaired) electrons. The molecule has 0 aromatic heterocycles. The Bertz CT molecular complexity index is 340. The predicted octanol–water partition coefficient (Wildman–Crippen LogP) is 2.91. The molecule has 0 aliphatic carbocycles. The normalized spacial score (nSPS) is 11.2. The highest BCUT2D eigenvalue weighted by atomic mass is 19.3. The van der Waals surface area contributed by atoms with Crippen LogP contribution in [0.15, 0.2) is 30.3 Å². The molecule has 0 bridgehead atoms. The van der Waals surface area contributed by atoms with Crippen LogP contribution in [0.2, 0.25) is 0 Å². The second kappa shape index (κ2) is 6.95. The van der Waals surface area contributed by atoms with Crippen molar-refractivity contribution in [1.82, 2.24) is 5.32 Å². The molecule has 1 N–H and O–H groups in total. The van der Waals surface area contributed by atoms with Crippen LogP contribution in [0.3, 0.4) is 0 Å². The Labute approximate surface area is 93.9 Å². The summed E-state index contributed by atoms with van der Waals surface area (Å²) in [5.74, 6) is 0.207. The molecule has 1 aromatic rings. The van der Waals surface area contributed by atoms with Crippen LogP contribution in [0.5, 0.6) is 5.75 Å². The lowest BCUT2D eigenvalue weighted by Crippen LogP contribution is -2.05. The summed E-state index contributed by atoms with van der Waals surface area (Å²) in [5.41, 5.74) is 0.666. The molecule has 16 heavy (non-hydrogen) atoms. The molecule has 88 valence electrons. The second-order valence-electron chi connectivity index (χ2n) is 3.21. The molecule has 1 rings (SSSR count). The summed E-state index contributed by atoms with van der Waals surface area (Å²) in [5, 5.41) is 3.00. The van der Waals surface area contributed by atoms with Gasteiger partial charge < -0.3 is 10.1 Å². The highest BCUT2D eigenvalue weighted by molar-refractivity contribution is 5.57. The quantitative estimate of drug-likeness (QED) is 0.754. The van der Waals surface area contributed by atoms with Crippen LogP contribution in [-0.4, -0.2) is 20.2 Å². The highest BCUT2D eigenvalue weighted by Gasteiger charge is 2.06. The van der Waals surface area contributed by atoms with Crippen molar-refractivity contribution in [3.63, 3.8) is 0 Å². The topological polar surface area (TPSA) is 21.3 Å². The van der Waals surface area contributed by atoms with E-state index in [4.69, 9.17) is 0 Å². The van der Waals surface area contributed by atoms with Crippen molar-refractivity contribution in [3.8, 4) is 5.75 Å². The van der Waals surface area contributed by atoms with Crippen LogP contribution < -0.4 is 10.1 Å². The van der Waals surface area contributed by atoms with Gasteiger partial charge in [-0.2, -0.15) is 8.78 Å². The predicted molar refractivity (Wildman–Crippen MR) is 60.7 cm³/mol. The van der Waals surface area contributed by atoms with Gasteiger partial charge >= 0.3 is 6.61 Å². The van der Waals surface area contributed by atoms with E-state index in [1.165, 1.54) is 6.07 Å². The van der Waals surface area contributed by atoms with Crippen molar-refractivity contribution in [2.75, 3.05) is 13.6 Å². The van der Waals surface area contributed by atoms with Crippen molar-refractivity contribution >= 4 is 6.08 Å². The fourth-order valence-electron chi connectivity index (χ4n) is 1.26. The Morgan fingerprint density at radius 2 is 2.12 bits per heavy atom. The van der Waals surface area contributed by atoms with Gasteiger partial charge in [-0.1, -0.05) is 30.4 Å². The Hall–Kier alpha value is -1.42. The average Bonchev–Trinajstić information content (AvgIpc) is 2.26. The molecule has 0 fully saturated rings. The Kier molecular flexibility index (Phi) is 5.50. The minimum absolute atomic E-state index is 0.207. The SMILES string of the molecule is CNCCC=Cc1ccccc1OC(F)F. The summed E-state index contributed by atoms with van der Waals surface area (Å²) in [6, 6.07) is 6.73. The van der Waals surface area contributed by atoms with Gasteiger partial charge in [-0.15, -0.1) is 0 Å². The third-order valence-corrected chi connectivity index (χ3v) is 1.99. The molecule has 4 heteroatoms. The first-order chi connectivity index (χ1) is 7.74. The zero-order valence-electron chi connectivity index (χ0n) is 9.12. The third kappa shape index (κ3) is 4.40. The van der Waals surface area contributed by atoms with Crippen LogP contribution in [-0.2, 0) is 0 Å². The zero-order chi connectivity index (χ0) is 11.8. The van der Waals surface area contributed by atoms with E-state index in [1.54, 1.807) is 24.3 Å². The largest absolute Gasteiger partial charge is 0.434 e. The van der Waals surface area contributed by atoms with Gasteiger partial charge in [-0.05, 0) is 26.1 Å². The van der Waals surface area contributed by atoms with Gasteiger partial charge in [-0.3, -0.25) is 0 Å². The summed E-state index contributed by atoms with van der Waals surface area (Å²) in [6.45, 7) is -1.93. The molecule has 0 unspecified atom stereocenters. The highest BCUT2D eigenvalue weighted by Crippen LogP contribution is 2.21. The van der Waals surface area contributed by atoms with Crippen molar-refractivity contribution in [2.24, 2.45) is 0 Å². The number of benzene rings is 1. The zero-order valence-corrected chi connectivity index (χ0v) is 9.12. The van der Waals surface area contributed by atoms with Gasteiger partial charge in [0.15, 0.2) is 0 Å². The standard InChI is InChI=1S/C12H15F2NO/c1-15-9-5-4-7-10-6-2-3-8-11(10)16-12(13)14/h2-4,6-8,12,15H,5,9H2,1H3. The minimum atomic E-state index is -2.79. The fraction of sp³-hybridized carbons (Fsp3) is 0.333. The maximum atomic E-state index is 12.1. The number of para-hydroxylation sites is 1. The maximum absolute atomic E-state index is 12.1. The van der Waals surface area contributed by atoms with Crippen molar-refractivity contribution in [1.29, 1.82) is 0 Å². The summed E-state index contributed by atoms with van der Waals surface area (Å²) in [7, 11) is 1.86. The van der Waals surface area contributed by atoms with E-state index >= 15 is 0 Å². The van der Waals surface area contributed by atoms with Crippen LogP contribution in [0.1, 0.15) is 12.0 Å². The molecule has 0 spiro atoms. The number of hydrogen-bond acceptors (Lipinski definition) is 2. The summed E-state index contributed by atoms with van der Waals surface area (Å²) in [4.78, 5) is 0. The van der Waals surface area contributed by atoms with Gasteiger partial charge in [0.25, 0.3) is 0 Å². The Morgan fingerprint density at radius 3 is 2.81 bits per heavy atom. The van der Waals surface area contributed by atoms with Gasteiger partial charge in [-0.25, -0.2) is 0 Å². The molecule has 2 nitrogen and oxygen atoms in total. The number of rotatable bonds is 6. The second-order valence-corrected chi connectivity index (χ2v) is 3.21. The van der Waals surface area contributed by atoms with Gasteiger partial charge in [0, 0.05) is 5.56 Å². The lowest BCUT2D eigenvalue weighted by Gasteiger charge is -2.07. The molecule has 0 heterocycles. The van der Waals surface area contributed by atoms with E-state index < -0.39 is 6.61 Å². The Balaban J connectivity index is 2.66. The van der Waals surface area contributed by atoms with Crippen molar-refractivity contribution in [2.45, 2.75) is 13.0 Å². The van der Waals surface area contributed by atoms with E-state index in [2.05, 4.69) is 10.1 Å². The fourth-order valence-corrected chi connectivity index (χ4v) is 1.26. The maximum Gasteiger partial charge on any atom is 0.387 e. The van der Waals surface area contributed by atoms with Crippen LogP contribution in [0.25, 0.3) is 6.08 Å². The van der Waals surface area contributed by atoms with Gasteiger partial charge in [0.2, 0.25) is 0 Å². The number of alkyl halides is 2. The van der Waals surface area contributed by atoms with E-state index in [0.29, 0.717) is 5.56 Å². The minimum Gasteiger partial charge on any atom is -0.434 e. The lowest BCUT2D eigenvalue weighted by molar-refractivity contribution is -0.0499. The van der Waals surface area contributed by atoms with Gasteiger partial charge in [0.1, 0.15) is 5.75 Å². The molecule has 0 aliphatic rings. The van der Waals surface area contributed by atoms with Crippen LogP contribution >= 0.6 is 0 Å². The number of hydrogen-bond donors (Lipinski definition) is 1. The molecule has 0 aliphatic heterocycles. The van der Waals surface area contributed by atoms with E-state index in [1.807, 2.05) is 13.1 Å². The molecule has 1 aromatic carbocycles. The number of halogens is 2. The number of nitrogens with one attached hydrogen (secondary N) is 1. The summed E-state index contributed by atoms with van der Waals surface area (Å²) < 4.78 is 28.6. The first kappa shape index (κ1) is 12.6. The monoisotopic (exact) mass is 227 g/mol.